The maximum atomic E-state index is 14.4. The molecule has 0 N–H and O–H groups in total. The van der Waals surface area contributed by atoms with Crippen molar-refractivity contribution in [3.05, 3.63) is 122 Å². The number of hydrogen-bond acceptors (Lipinski definition) is 8. The molecule has 2 bridgehead atoms. The predicted octanol–water partition coefficient (Wildman–Crippen LogP) is 7.75. The topological polar surface area (TPSA) is 104 Å². The lowest BCUT2D eigenvalue weighted by Gasteiger charge is -2.44. The smallest absolute Gasteiger partial charge is 0.414 e. The molecular formula is C37H34Cl2F3N3O7. The number of esters is 1. The summed E-state index contributed by atoms with van der Waals surface area (Å²) in [5.41, 5.74) is 0.970. The Morgan fingerprint density at radius 2 is 1.79 bits per heavy atom. The highest BCUT2D eigenvalue weighted by molar-refractivity contribution is 6.35. The number of rotatable bonds is 12. The van der Waals surface area contributed by atoms with E-state index in [9.17, 15) is 28.0 Å². The van der Waals surface area contributed by atoms with Crippen LogP contribution in [0, 0.1) is 16.9 Å². The predicted molar refractivity (Wildman–Crippen MR) is 185 cm³/mol. The lowest BCUT2D eigenvalue weighted by Crippen LogP contribution is -2.53. The van der Waals surface area contributed by atoms with Crippen LogP contribution in [0.1, 0.15) is 50.1 Å². The van der Waals surface area contributed by atoms with Gasteiger partial charge in [0, 0.05) is 18.5 Å². The van der Waals surface area contributed by atoms with Crippen molar-refractivity contribution < 1.29 is 50.6 Å². The average molecular weight is 764 g/mol. The minimum Gasteiger partial charge on any atom is -0.619 e. The van der Waals surface area contributed by atoms with Crippen molar-refractivity contribution in [2.75, 3.05) is 31.6 Å². The number of hydrogen-bond donors (Lipinski definition) is 0. The van der Waals surface area contributed by atoms with Crippen LogP contribution in [0.15, 0.2) is 79.1 Å². The summed E-state index contributed by atoms with van der Waals surface area (Å²) >= 11 is 12.7. The Labute approximate surface area is 311 Å². The van der Waals surface area contributed by atoms with Crippen LogP contribution in [0.2, 0.25) is 10.0 Å². The van der Waals surface area contributed by atoms with Gasteiger partial charge in [-0.3, -0.25) is 9.80 Å². The van der Waals surface area contributed by atoms with E-state index in [1.807, 2.05) is 0 Å². The van der Waals surface area contributed by atoms with E-state index in [0.717, 1.165) is 50.5 Å². The van der Waals surface area contributed by atoms with Crippen LogP contribution in [0.25, 0.3) is 0 Å². The van der Waals surface area contributed by atoms with Crippen LogP contribution in [0.4, 0.5) is 23.7 Å². The lowest BCUT2D eigenvalue weighted by atomic mass is 9.86. The van der Waals surface area contributed by atoms with Crippen molar-refractivity contribution in [2.24, 2.45) is 5.92 Å². The van der Waals surface area contributed by atoms with Crippen molar-refractivity contribution in [1.29, 1.82) is 0 Å². The molecule has 15 heteroatoms. The molecule has 1 amide bonds. The van der Waals surface area contributed by atoms with Crippen LogP contribution in [0.3, 0.4) is 0 Å². The van der Waals surface area contributed by atoms with Crippen molar-refractivity contribution >= 4 is 41.0 Å². The van der Waals surface area contributed by atoms with E-state index in [1.165, 1.54) is 41.3 Å². The summed E-state index contributed by atoms with van der Waals surface area (Å²) in [5, 5.41) is 11.8. The number of benzene rings is 3. The molecule has 10 nitrogen and oxygen atoms in total. The summed E-state index contributed by atoms with van der Waals surface area (Å²) in [5.74, 6) is -2.42. The third-order valence-corrected chi connectivity index (χ3v) is 9.71. The highest BCUT2D eigenvalue weighted by atomic mass is 35.5. The molecule has 52 heavy (non-hydrogen) atoms. The van der Waals surface area contributed by atoms with E-state index < -0.39 is 49.1 Å². The van der Waals surface area contributed by atoms with Crippen molar-refractivity contribution in [3.63, 3.8) is 0 Å². The van der Waals surface area contributed by atoms with E-state index in [0.29, 0.717) is 16.8 Å². The number of fused-ring (bicyclic) bond motifs is 3. The maximum absolute atomic E-state index is 14.4. The molecule has 4 aromatic rings. The monoisotopic (exact) mass is 762 g/mol. The Kier molecular flexibility index (Phi) is 10.4. The van der Waals surface area contributed by atoms with Gasteiger partial charge in [0.25, 0.3) is 0 Å². The Balaban J connectivity index is 1.29. The molecule has 0 unspecified atom stereocenters. The van der Waals surface area contributed by atoms with Gasteiger partial charge >= 0.3 is 18.7 Å². The molecule has 0 spiro atoms. The van der Waals surface area contributed by atoms with Gasteiger partial charge in [-0.25, -0.2) is 14.0 Å². The average Bonchev–Trinajstić information content (AvgIpc) is 3.12. The molecule has 274 valence electrons. The van der Waals surface area contributed by atoms with Gasteiger partial charge in [0.1, 0.15) is 28.1 Å². The van der Waals surface area contributed by atoms with Crippen molar-refractivity contribution in [2.45, 2.75) is 44.6 Å². The summed E-state index contributed by atoms with van der Waals surface area (Å²) in [6, 6.07) is 15.0. The van der Waals surface area contributed by atoms with Crippen molar-refractivity contribution in [3.8, 4) is 11.5 Å². The quantitative estimate of drug-likeness (QED) is 0.0820. The van der Waals surface area contributed by atoms with Gasteiger partial charge in [-0.05, 0) is 85.4 Å². The molecule has 1 aromatic heterocycles. The molecule has 3 aromatic carbocycles. The van der Waals surface area contributed by atoms with Crippen LogP contribution >= 0.6 is 23.2 Å². The van der Waals surface area contributed by atoms with E-state index in [4.69, 9.17) is 41.5 Å². The Hall–Kier alpha value is -4.72. The van der Waals surface area contributed by atoms with Gasteiger partial charge < -0.3 is 24.2 Å². The second-order valence-corrected chi connectivity index (χ2v) is 13.2. The van der Waals surface area contributed by atoms with E-state index in [-0.39, 0.29) is 57.4 Å². The fourth-order valence-electron chi connectivity index (χ4n) is 6.46. The van der Waals surface area contributed by atoms with Crippen LogP contribution in [-0.2, 0) is 22.4 Å². The minimum absolute atomic E-state index is 0.0201. The van der Waals surface area contributed by atoms with Gasteiger partial charge in [-0.15, -0.1) is 0 Å². The number of carbonyl (C=O) groups is 2. The number of carbonyl (C=O) groups excluding carboxylic acids is 2. The Morgan fingerprint density at radius 3 is 2.46 bits per heavy atom. The third-order valence-electron chi connectivity index (χ3n) is 9.05. The SMILES string of the molecule is [2H]C([2H])([2H])Oc1cc([C@H](Cc2c(Cl)c[n+]([O-])cc2Cl)OC(=O)c2cccc(CN(C(=O)O[C@H]3CN4CCC3CC4)c3cccc(F)c3)c2)ccc1OC(F)F. The molecule has 3 aliphatic heterocycles. The van der Waals surface area contributed by atoms with Gasteiger partial charge in [-0.2, -0.15) is 13.5 Å². The minimum atomic E-state index is -3.31. The molecule has 4 heterocycles. The largest absolute Gasteiger partial charge is 0.619 e. The number of methoxy groups -OCH3 is 1. The number of pyridine rings is 1. The summed E-state index contributed by atoms with van der Waals surface area (Å²) in [6.07, 6.45) is 1.30. The van der Waals surface area contributed by atoms with Gasteiger partial charge in [0.05, 0.1) is 28.9 Å². The van der Waals surface area contributed by atoms with E-state index >= 15 is 0 Å². The second kappa shape index (κ2) is 16.3. The molecule has 3 saturated heterocycles. The Bertz CT molecular complexity index is 2020. The second-order valence-electron chi connectivity index (χ2n) is 12.4. The summed E-state index contributed by atoms with van der Waals surface area (Å²) in [4.78, 5) is 31.1. The zero-order chi connectivity index (χ0) is 39.4. The summed E-state index contributed by atoms with van der Waals surface area (Å²) in [7, 11) is -3.07. The van der Waals surface area contributed by atoms with E-state index in [1.54, 1.807) is 18.2 Å². The first-order valence-corrected chi connectivity index (χ1v) is 17.0. The van der Waals surface area contributed by atoms with Gasteiger partial charge in [-0.1, -0.05) is 47.5 Å². The third kappa shape index (κ3) is 8.83. The molecule has 7 rings (SSSR count). The highest BCUT2D eigenvalue weighted by Crippen LogP contribution is 2.36. The standard InChI is InChI=1S/C37H34Cl2F3N3O7/c1-49-33-15-24(8-9-31(33)51-36(41)42)32(17-28-29(38)19-44(48)20-30(28)39)50-35(46)25-5-2-4-22(14-25)18-45(27-7-3-6-26(40)16-27)37(47)52-34-21-43-12-10-23(34)11-13-43/h2-9,14-16,19-20,23,32,34,36H,10-13,17-18,21H2,1H3/t32-,34-/m0/s1/i1D3. The number of halogens is 5. The molecule has 0 radical (unpaired) electrons. The molecule has 0 saturated carbocycles. The van der Waals surface area contributed by atoms with E-state index in [2.05, 4.69) is 9.64 Å². The number of anilines is 1. The van der Waals surface area contributed by atoms with Crippen molar-refractivity contribution in [1.82, 2.24) is 4.90 Å². The van der Waals surface area contributed by atoms with Crippen LogP contribution in [-0.4, -0.2) is 56.4 Å². The van der Waals surface area contributed by atoms with Gasteiger partial charge in [0.2, 0.25) is 0 Å². The number of nitrogens with zero attached hydrogens (tertiary/aromatic N) is 3. The zero-order valence-electron chi connectivity index (χ0n) is 30.4. The number of ether oxygens (including phenoxy) is 4. The highest BCUT2D eigenvalue weighted by Gasteiger charge is 2.37. The number of amides is 1. The first kappa shape index (κ1) is 33.1. The van der Waals surface area contributed by atoms with Crippen LogP contribution in [0.5, 0.6) is 11.5 Å². The summed E-state index contributed by atoms with van der Waals surface area (Å²) < 4.78 is 85.0. The molecular weight excluding hydrogens is 726 g/mol. The fourth-order valence-corrected chi connectivity index (χ4v) is 7.05. The Morgan fingerprint density at radius 1 is 1.04 bits per heavy atom. The first-order valence-electron chi connectivity index (χ1n) is 17.7. The molecule has 2 atom stereocenters. The number of aromatic nitrogens is 1. The zero-order valence-corrected chi connectivity index (χ0v) is 28.9. The fraction of sp³-hybridized carbons (Fsp3) is 0.324. The van der Waals surface area contributed by atoms with Gasteiger partial charge in [0.15, 0.2) is 23.9 Å². The molecule has 3 aliphatic rings. The van der Waals surface area contributed by atoms with Crippen LogP contribution < -0.4 is 19.1 Å². The maximum Gasteiger partial charge on any atom is 0.414 e. The molecule has 3 fully saturated rings. The first-order chi connectivity index (χ1) is 26.1. The molecule has 0 aliphatic carbocycles. The summed E-state index contributed by atoms with van der Waals surface area (Å²) in [6.45, 7) is -0.933. The lowest BCUT2D eigenvalue weighted by molar-refractivity contribution is -0.605. The number of piperidine rings is 3. The normalized spacial score (nSPS) is 19.6. The number of alkyl halides is 2.